The molecule has 3 atom stereocenters. The molecule has 1 fully saturated rings. The molecule has 3 aliphatic rings. The number of hydrogen-bond donors (Lipinski definition) is 1. The van der Waals surface area contributed by atoms with Gasteiger partial charge in [-0.2, -0.15) is 0 Å². The Bertz CT molecular complexity index is 829. The Balaban J connectivity index is 2.00. The van der Waals surface area contributed by atoms with E-state index in [1.54, 1.807) is 13.8 Å². The molecular formula is C22H28N2O4. The Morgan fingerprint density at radius 2 is 1.82 bits per heavy atom. The van der Waals surface area contributed by atoms with E-state index in [4.69, 9.17) is 14.5 Å². The predicted octanol–water partition coefficient (Wildman–Crippen LogP) is 2.96. The first kappa shape index (κ1) is 19.0. The summed E-state index contributed by atoms with van der Waals surface area (Å²) in [6.45, 7) is 8.74. The Morgan fingerprint density at radius 3 is 2.43 bits per heavy atom. The molecule has 150 valence electrons. The number of nitrogens with zero attached hydrogens (tertiary/aromatic N) is 1. The lowest BCUT2D eigenvalue weighted by molar-refractivity contribution is -0.176. The molecule has 28 heavy (non-hydrogen) atoms. The molecule has 1 N–H and O–H groups in total. The number of benzene rings is 1. The molecule has 6 nitrogen and oxygen atoms in total. The highest BCUT2D eigenvalue weighted by molar-refractivity contribution is 6.17. The molecule has 6 heteroatoms. The van der Waals surface area contributed by atoms with Crippen molar-refractivity contribution in [3.8, 4) is 0 Å². The van der Waals surface area contributed by atoms with Gasteiger partial charge in [-0.05, 0) is 37.8 Å². The third-order valence-electron chi connectivity index (χ3n) is 6.58. The molecule has 1 saturated carbocycles. The van der Waals surface area contributed by atoms with E-state index in [0.717, 1.165) is 23.4 Å². The Hall–Kier alpha value is -2.37. The third kappa shape index (κ3) is 2.12. The second-order valence-electron chi connectivity index (χ2n) is 8.14. The van der Waals surface area contributed by atoms with Crippen LogP contribution in [0.4, 0.5) is 5.69 Å². The summed E-state index contributed by atoms with van der Waals surface area (Å²) >= 11 is 0. The number of ether oxygens (including phenoxy) is 2. The van der Waals surface area contributed by atoms with E-state index in [1.165, 1.54) is 0 Å². The van der Waals surface area contributed by atoms with Crippen molar-refractivity contribution in [3.05, 3.63) is 29.8 Å². The maximum atomic E-state index is 13.5. The maximum absolute atomic E-state index is 13.5. The monoisotopic (exact) mass is 384 g/mol. The summed E-state index contributed by atoms with van der Waals surface area (Å²) in [4.78, 5) is 31.9. The number of fused-ring (bicyclic) bond motifs is 1. The number of rotatable bonds is 5. The van der Waals surface area contributed by atoms with Crippen LogP contribution in [0.25, 0.3) is 0 Å². The summed E-state index contributed by atoms with van der Waals surface area (Å²) < 4.78 is 11.0. The van der Waals surface area contributed by atoms with Crippen molar-refractivity contribution in [2.24, 2.45) is 22.2 Å². The van der Waals surface area contributed by atoms with Gasteiger partial charge in [0.2, 0.25) is 0 Å². The number of carbonyl (C=O) groups excluding carboxylic acids is 2. The summed E-state index contributed by atoms with van der Waals surface area (Å²) in [5.74, 6) is -1.34. The third-order valence-corrected chi connectivity index (χ3v) is 6.58. The second kappa shape index (κ2) is 6.61. The molecule has 1 spiro atoms. The van der Waals surface area contributed by atoms with E-state index < -0.39 is 28.8 Å². The Morgan fingerprint density at radius 1 is 1.18 bits per heavy atom. The molecule has 4 rings (SSSR count). The molecule has 2 heterocycles. The maximum Gasteiger partial charge on any atom is 0.326 e. The predicted molar refractivity (Wildman–Crippen MR) is 106 cm³/mol. The van der Waals surface area contributed by atoms with Crippen molar-refractivity contribution in [1.82, 2.24) is 0 Å². The van der Waals surface area contributed by atoms with Crippen molar-refractivity contribution in [1.29, 1.82) is 0 Å². The van der Waals surface area contributed by atoms with Gasteiger partial charge in [0.15, 0.2) is 5.41 Å². The van der Waals surface area contributed by atoms with Gasteiger partial charge in [0, 0.05) is 23.9 Å². The number of para-hydroxylation sites is 1. The van der Waals surface area contributed by atoms with E-state index in [-0.39, 0.29) is 25.0 Å². The van der Waals surface area contributed by atoms with Gasteiger partial charge < -0.3 is 14.8 Å². The van der Waals surface area contributed by atoms with Crippen LogP contribution < -0.4 is 5.32 Å². The second-order valence-corrected chi connectivity index (χ2v) is 8.14. The van der Waals surface area contributed by atoms with Crippen molar-refractivity contribution < 1.29 is 19.1 Å². The van der Waals surface area contributed by atoms with Gasteiger partial charge in [-0.1, -0.05) is 32.0 Å². The fraction of sp³-hybridized carbons (Fsp3) is 0.591. The number of anilines is 1. The molecule has 0 radical (unpaired) electrons. The number of aliphatic imine (C=N–C) groups is 1. The molecular weight excluding hydrogens is 356 g/mol. The molecule has 0 saturated heterocycles. The molecule has 0 bridgehead atoms. The highest BCUT2D eigenvalue weighted by Crippen LogP contribution is 2.64. The van der Waals surface area contributed by atoms with Crippen LogP contribution in [0.5, 0.6) is 0 Å². The first-order valence-corrected chi connectivity index (χ1v) is 10.2. The van der Waals surface area contributed by atoms with Crippen molar-refractivity contribution in [2.45, 2.75) is 45.6 Å². The number of hydrogen-bond acceptors (Lipinski definition) is 6. The van der Waals surface area contributed by atoms with Crippen molar-refractivity contribution >= 4 is 23.3 Å². The van der Waals surface area contributed by atoms with Crippen LogP contribution in [0, 0.1) is 17.3 Å². The first-order chi connectivity index (χ1) is 13.5. The van der Waals surface area contributed by atoms with Crippen molar-refractivity contribution in [2.75, 3.05) is 25.1 Å². The molecule has 2 aliphatic heterocycles. The minimum atomic E-state index is -1.45. The molecule has 0 unspecified atom stereocenters. The highest BCUT2D eigenvalue weighted by Gasteiger charge is 2.77. The lowest BCUT2D eigenvalue weighted by atomic mass is 9.68. The Labute approximate surface area is 165 Å². The summed E-state index contributed by atoms with van der Waals surface area (Å²) in [5, 5.41) is 3.53. The van der Waals surface area contributed by atoms with E-state index in [1.807, 2.05) is 32.0 Å². The van der Waals surface area contributed by atoms with Gasteiger partial charge in [0.1, 0.15) is 0 Å². The number of carbonyl (C=O) groups is 2. The van der Waals surface area contributed by atoms with Gasteiger partial charge in [-0.3, -0.25) is 14.6 Å². The molecule has 0 amide bonds. The standard InChI is InChI=1S/C22H28N2O4/c1-5-27-19(25)22(20(26)28-6-2)16(13(3)4)17-21(11-12-23-17)14-9-7-8-10-15(14)24-18(21)22/h7-10,13,16,18,24H,5-6,11-12H2,1-4H3/t16-,18-,21-/m1/s1. The lowest BCUT2D eigenvalue weighted by Crippen LogP contribution is -2.57. The average molecular weight is 384 g/mol. The van der Waals surface area contributed by atoms with Crippen LogP contribution in [0.1, 0.15) is 39.7 Å². The minimum absolute atomic E-state index is 0.0297. The van der Waals surface area contributed by atoms with Crippen molar-refractivity contribution in [3.63, 3.8) is 0 Å². The molecule has 0 aromatic heterocycles. The topological polar surface area (TPSA) is 77.0 Å². The Kier molecular flexibility index (Phi) is 4.47. The SMILES string of the molecule is CCOC(=O)C1(C(=O)OCC)[C@H](C(C)C)C2=NCC[C@@]23c2ccccc2N[C@@H]13. The summed E-state index contributed by atoms with van der Waals surface area (Å²) in [6, 6.07) is 7.61. The van der Waals surface area contributed by atoms with E-state index in [2.05, 4.69) is 11.4 Å². The van der Waals surface area contributed by atoms with Gasteiger partial charge in [-0.25, -0.2) is 0 Å². The first-order valence-electron chi connectivity index (χ1n) is 10.2. The van der Waals surface area contributed by atoms with E-state index in [0.29, 0.717) is 6.54 Å². The normalized spacial score (nSPS) is 28.8. The average Bonchev–Trinajstić information content (AvgIpc) is 3.28. The van der Waals surface area contributed by atoms with Crippen LogP contribution in [0.2, 0.25) is 0 Å². The quantitative estimate of drug-likeness (QED) is 0.624. The van der Waals surface area contributed by atoms with Gasteiger partial charge in [0.05, 0.1) is 24.7 Å². The molecule has 1 aromatic carbocycles. The van der Waals surface area contributed by atoms with Crippen LogP contribution in [-0.2, 0) is 24.5 Å². The van der Waals surface area contributed by atoms with Gasteiger partial charge >= 0.3 is 11.9 Å². The smallest absolute Gasteiger partial charge is 0.326 e. The van der Waals surface area contributed by atoms with E-state index >= 15 is 0 Å². The zero-order valence-corrected chi connectivity index (χ0v) is 17.0. The van der Waals surface area contributed by atoms with Crippen LogP contribution in [0.3, 0.4) is 0 Å². The van der Waals surface area contributed by atoms with Crippen LogP contribution in [-0.4, -0.2) is 43.5 Å². The zero-order chi connectivity index (χ0) is 20.1. The van der Waals surface area contributed by atoms with E-state index in [9.17, 15) is 9.59 Å². The summed E-state index contributed by atoms with van der Waals surface area (Å²) in [7, 11) is 0. The minimum Gasteiger partial charge on any atom is -0.465 e. The fourth-order valence-corrected chi connectivity index (χ4v) is 5.81. The number of nitrogens with one attached hydrogen (secondary N) is 1. The summed E-state index contributed by atoms with van der Waals surface area (Å²) in [6.07, 6.45) is 0.779. The lowest BCUT2D eigenvalue weighted by Gasteiger charge is -2.37. The van der Waals surface area contributed by atoms with Crippen LogP contribution in [0.15, 0.2) is 29.3 Å². The molecule has 1 aliphatic carbocycles. The number of esters is 2. The zero-order valence-electron chi connectivity index (χ0n) is 17.0. The highest BCUT2D eigenvalue weighted by atomic mass is 16.6. The largest absolute Gasteiger partial charge is 0.465 e. The summed E-state index contributed by atoms with van der Waals surface area (Å²) in [5.41, 5.74) is 1.12. The van der Waals surface area contributed by atoms with Crippen LogP contribution >= 0.6 is 0 Å². The fourth-order valence-electron chi connectivity index (χ4n) is 5.81. The molecule has 1 aromatic rings. The van der Waals surface area contributed by atoms with Gasteiger partial charge in [0.25, 0.3) is 0 Å². The van der Waals surface area contributed by atoms with Gasteiger partial charge in [-0.15, -0.1) is 0 Å².